The zero-order valence-electron chi connectivity index (χ0n) is 15.5. The first kappa shape index (κ1) is 18.0. The minimum Gasteiger partial charge on any atom is -0.442 e. The first-order chi connectivity index (χ1) is 12.8. The van der Waals surface area contributed by atoms with Gasteiger partial charge in [-0.15, -0.1) is 0 Å². The third-order valence-corrected chi connectivity index (χ3v) is 5.91. The van der Waals surface area contributed by atoms with Crippen LogP contribution in [0.25, 0.3) is 11.3 Å². The number of hydrogen-bond acceptors (Lipinski definition) is 6. The summed E-state index contributed by atoms with van der Waals surface area (Å²) in [5.74, 6) is 0.539. The highest BCUT2D eigenvalue weighted by Crippen LogP contribution is 2.48. The van der Waals surface area contributed by atoms with E-state index in [9.17, 15) is 4.79 Å². The molecule has 0 radical (unpaired) electrons. The van der Waals surface area contributed by atoms with E-state index >= 15 is 0 Å². The molecular weight excluding hydrogens is 410 g/mol. The fourth-order valence-electron chi connectivity index (χ4n) is 4.15. The number of nitrogens with one attached hydrogen (secondary N) is 1. The van der Waals surface area contributed by atoms with Crippen molar-refractivity contribution in [2.24, 2.45) is 0 Å². The summed E-state index contributed by atoms with van der Waals surface area (Å²) in [6.07, 6.45) is 1.81. The van der Waals surface area contributed by atoms with Crippen LogP contribution in [-0.4, -0.2) is 42.3 Å². The number of aromatic nitrogens is 2. The first-order valence-electron chi connectivity index (χ1n) is 8.86. The van der Waals surface area contributed by atoms with E-state index in [4.69, 9.17) is 10.5 Å². The van der Waals surface area contributed by atoms with Crippen molar-refractivity contribution in [2.75, 3.05) is 30.8 Å². The molecule has 0 spiro atoms. The smallest absolute Gasteiger partial charge is 0.407 e. The monoisotopic (exact) mass is 431 g/mol. The van der Waals surface area contributed by atoms with Gasteiger partial charge in [0.15, 0.2) is 0 Å². The number of alkyl carbamates (subject to hydrolysis) is 1. The molecule has 27 heavy (non-hydrogen) atoms. The topological polar surface area (TPSA) is 93.4 Å². The zero-order valence-corrected chi connectivity index (χ0v) is 17.1. The average Bonchev–Trinajstić information content (AvgIpc) is 2.98. The number of hydrogen-bond donors (Lipinski definition) is 2. The molecule has 2 aliphatic rings. The summed E-state index contributed by atoms with van der Waals surface area (Å²) in [7, 11) is 2.02. The number of carbonyl (C=O) groups is 1. The van der Waals surface area contributed by atoms with E-state index in [2.05, 4.69) is 56.0 Å². The number of nitrogens with two attached hydrogens (primary N) is 1. The van der Waals surface area contributed by atoms with Crippen molar-refractivity contribution in [2.45, 2.75) is 31.8 Å². The van der Waals surface area contributed by atoms with Crippen LogP contribution in [0, 0.1) is 0 Å². The molecule has 1 amide bonds. The van der Waals surface area contributed by atoms with Gasteiger partial charge in [0.25, 0.3) is 0 Å². The SMILES string of the molecule is CN(C[C@@H]1CNC(=O)O1)c1c(Br)ccc2c1CC(C)(C)c1c(N)ncnc1-2. The number of amides is 1. The number of cyclic esters (lactones) is 1. The van der Waals surface area contributed by atoms with Gasteiger partial charge >= 0.3 is 6.09 Å². The highest BCUT2D eigenvalue weighted by Gasteiger charge is 2.37. The van der Waals surface area contributed by atoms with E-state index in [1.807, 2.05) is 13.1 Å². The van der Waals surface area contributed by atoms with Gasteiger partial charge in [-0.2, -0.15) is 0 Å². The van der Waals surface area contributed by atoms with Crippen molar-refractivity contribution < 1.29 is 9.53 Å². The van der Waals surface area contributed by atoms with Gasteiger partial charge in [-0.05, 0) is 39.4 Å². The molecule has 7 nitrogen and oxygen atoms in total. The van der Waals surface area contributed by atoms with Gasteiger partial charge in [0, 0.05) is 22.6 Å². The van der Waals surface area contributed by atoms with Gasteiger partial charge in [0.2, 0.25) is 0 Å². The Morgan fingerprint density at radius 1 is 1.41 bits per heavy atom. The van der Waals surface area contributed by atoms with Crippen LogP contribution in [0.1, 0.15) is 25.0 Å². The Morgan fingerprint density at radius 3 is 2.89 bits per heavy atom. The predicted molar refractivity (Wildman–Crippen MR) is 108 cm³/mol. The quantitative estimate of drug-likeness (QED) is 0.775. The summed E-state index contributed by atoms with van der Waals surface area (Å²) >= 11 is 3.71. The predicted octanol–water partition coefficient (Wildman–Crippen LogP) is 2.87. The highest BCUT2D eigenvalue weighted by molar-refractivity contribution is 9.10. The summed E-state index contributed by atoms with van der Waals surface area (Å²) in [6, 6.07) is 4.11. The molecule has 4 rings (SSSR count). The lowest BCUT2D eigenvalue weighted by Gasteiger charge is -2.37. The van der Waals surface area contributed by atoms with E-state index in [0.29, 0.717) is 18.9 Å². The van der Waals surface area contributed by atoms with Gasteiger partial charge in [-0.1, -0.05) is 19.9 Å². The largest absolute Gasteiger partial charge is 0.442 e. The van der Waals surface area contributed by atoms with Crippen LogP contribution in [0.15, 0.2) is 22.9 Å². The zero-order chi connectivity index (χ0) is 19.3. The second-order valence-corrected chi connectivity index (χ2v) is 8.61. The molecule has 1 aliphatic carbocycles. The highest BCUT2D eigenvalue weighted by atomic mass is 79.9. The number of carbonyl (C=O) groups excluding carboxylic acids is 1. The molecule has 0 unspecified atom stereocenters. The van der Waals surface area contributed by atoms with Crippen molar-refractivity contribution in [3.05, 3.63) is 34.1 Å². The van der Waals surface area contributed by atoms with Crippen LogP contribution in [-0.2, 0) is 16.6 Å². The summed E-state index contributed by atoms with van der Waals surface area (Å²) < 4.78 is 6.31. The van der Waals surface area contributed by atoms with E-state index < -0.39 is 0 Å². The molecule has 1 saturated heterocycles. The molecule has 2 aromatic rings. The molecule has 1 fully saturated rings. The maximum atomic E-state index is 11.3. The lowest BCUT2D eigenvalue weighted by Crippen LogP contribution is -2.34. The van der Waals surface area contributed by atoms with Crippen LogP contribution >= 0.6 is 15.9 Å². The van der Waals surface area contributed by atoms with Gasteiger partial charge in [-0.25, -0.2) is 14.8 Å². The Hall–Kier alpha value is -2.35. The van der Waals surface area contributed by atoms with Crippen molar-refractivity contribution >= 4 is 33.5 Å². The fourth-order valence-corrected chi connectivity index (χ4v) is 4.83. The van der Waals surface area contributed by atoms with Crippen molar-refractivity contribution in [1.82, 2.24) is 15.3 Å². The Bertz CT molecular complexity index is 931. The van der Waals surface area contributed by atoms with Crippen LogP contribution in [0.4, 0.5) is 16.3 Å². The number of ether oxygens (including phenoxy) is 1. The van der Waals surface area contributed by atoms with E-state index in [1.165, 1.54) is 11.9 Å². The average molecular weight is 432 g/mol. The normalized spacial score (nSPS) is 19.7. The molecule has 0 bridgehead atoms. The standard InChI is InChI=1S/C19H22BrN5O2/c1-19(2)6-12-11(15-14(19)17(21)24-9-23-15)4-5-13(20)16(12)25(3)8-10-7-22-18(26)27-10/h4-5,9-10H,6-8H2,1-3H3,(H,22,26)(H2,21,23,24)/t10-/m0/s1. The fraction of sp³-hybridized carbons (Fsp3) is 0.421. The minimum atomic E-state index is -0.357. The lowest BCUT2D eigenvalue weighted by atomic mass is 9.71. The van der Waals surface area contributed by atoms with E-state index in [-0.39, 0.29) is 17.6 Å². The second-order valence-electron chi connectivity index (χ2n) is 7.75. The van der Waals surface area contributed by atoms with Gasteiger partial charge < -0.3 is 20.7 Å². The summed E-state index contributed by atoms with van der Waals surface area (Å²) in [6.45, 7) is 5.46. The third kappa shape index (κ3) is 3.01. The number of nitrogen functional groups attached to an aromatic ring is 1. The third-order valence-electron chi connectivity index (χ3n) is 5.27. The van der Waals surface area contributed by atoms with Gasteiger partial charge in [0.1, 0.15) is 18.2 Å². The maximum Gasteiger partial charge on any atom is 0.407 e. The number of benzene rings is 1. The summed E-state index contributed by atoms with van der Waals surface area (Å²) in [4.78, 5) is 22.2. The Morgan fingerprint density at radius 2 is 2.19 bits per heavy atom. The molecule has 1 atom stereocenters. The number of anilines is 2. The number of halogens is 1. The maximum absolute atomic E-state index is 11.3. The number of fused-ring (bicyclic) bond motifs is 3. The number of rotatable bonds is 3. The molecule has 3 N–H and O–H groups in total. The summed E-state index contributed by atoms with van der Waals surface area (Å²) in [5.41, 5.74) is 11.3. The summed E-state index contributed by atoms with van der Waals surface area (Å²) in [5, 5.41) is 2.71. The Labute approximate surface area is 166 Å². The van der Waals surface area contributed by atoms with E-state index in [0.717, 1.165) is 33.4 Å². The molecular formula is C19H22BrN5O2. The number of nitrogens with zero attached hydrogens (tertiary/aromatic N) is 3. The first-order valence-corrected chi connectivity index (χ1v) is 9.65. The van der Waals surface area contributed by atoms with Crippen molar-refractivity contribution in [3.8, 4) is 11.3 Å². The van der Waals surface area contributed by atoms with Crippen molar-refractivity contribution in [1.29, 1.82) is 0 Å². The second kappa shape index (κ2) is 6.37. The van der Waals surface area contributed by atoms with Gasteiger partial charge in [0.05, 0.1) is 24.5 Å². The Kier molecular flexibility index (Phi) is 4.25. The van der Waals surface area contributed by atoms with Crippen molar-refractivity contribution in [3.63, 3.8) is 0 Å². The lowest BCUT2D eigenvalue weighted by molar-refractivity contribution is 0.143. The molecule has 0 saturated carbocycles. The molecule has 1 aromatic heterocycles. The molecule has 1 aliphatic heterocycles. The minimum absolute atomic E-state index is 0.174. The molecule has 8 heteroatoms. The molecule has 2 heterocycles. The van der Waals surface area contributed by atoms with Crippen LogP contribution < -0.4 is 16.0 Å². The Balaban J connectivity index is 1.80. The molecule has 1 aromatic carbocycles. The number of likely N-dealkylation sites (N-methyl/N-ethyl adjacent to an activating group) is 1. The van der Waals surface area contributed by atoms with Crippen LogP contribution in [0.5, 0.6) is 0 Å². The van der Waals surface area contributed by atoms with Crippen LogP contribution in [0.3, 0.4) is 0 Å². The molecule has 142 valence electrons. The van der Waals surface area contributed by atoms with E-state index in [1.54, 1.807) is 0 Å². The van der Waals surface area contributed by atoms with Crippen LogP contribution in [0.2, 0.25) is 0 Å². The van der Waals surface area contributed by atoms with Gasteiger partial charge in [-0.3, -0.25) is 0 Å².